The fourth-order valence-corrected chi connectivity index (χ4v) is 2.80. The lowest BCUT2D eigenvalue weighted by Crippen LogP contribution is -2.34. The van der Waals surface area contributed by atoms with E-state index in [4.69, 9.17) is 9.84 Å². The predicted octanol–water partition coefficient (Wildman–Crippen LogP) is 2.77. The lowest BCUT2D eigenvalue weighted by atomic mass is 10.1. The number of nitrogens with zero attached hydrogens (tertiary/aromatic N) is 1. The Bertz CT molecular complexity index is 526. The minimum atomic E-state index is 0.192. The average molecular weight is 293 g/mol. The van der Waals surface area contributed by atoms with Crippen molar-refractivity contribution in [2.24, 2.45) is 0 Å². The molecule has 2 rings (SSSR count). The number of aliphatic hydroxyl groups excluding tert-OH is 1. The summed E-state index contributed by atoms with van der Waals surface area (Å²) in [5.74, 6) is 0. The van der Waals surface area contributed by atoms with Crippen LogP contribution in [0.4, 0.5) is 0 Å². The van der Waals surface area contributed by atoms with E-state index in [1.165, 1.54) is 15.6 Å². The third-order valence-electron chi connectivity index (χ3n) is 3.66. The molecule has 3 nitrogen and oxygen atoms in total. The van der Waals surface area contributed by atoms with Gasteiger partial charge >= 0.3 is 0 Å². The first kappa shape index (κ1) is 15.4. The Labute approximate surface area is 124 Å². The molecule has 0 bridgehead atoms. The fraction of sp³-hybridized carbons (Fsp3) is 0.500. The molecular formula is C16H23NO2S. The molecule has 0 aliphatic heterocycles. The molecule has 2 aromatic rings. The Kier molecular flexibility index (Phi) is 5.98. The molecule has 0 amide bonds. The van der Waals surface area contributed by atoms with Crippen LogP contribution < -0.4 is 0 Å². The largest absolute Gasteiger partial charge is 0.395 e. The maximum absolute atomic E-state index is 9.04. The van der Waals surface area contributed by atoms with Gasteiger partial charge in [-0.1, -0.05) is 12.1 Å². The van der Waals surface area contributed by atoms with Gasteiger partial charge in [0.25, 0.3) is 0 Å². The summed E-state index contributed by atoms with van der Waals surface area (Å²) in [6.07, 6.45) is 0.949. The van der Waals surface area contributed by atoms with E-state index in [0.717, 1.165) is 19.6 Å². The first-order valence-corrected chi connectivity index (χ1v) is 7.93. The zero-order valence-electron chi connectivity index (χ0n) is 12.2. The maximum Gasteiger partial charge on any atom is 0.0593 e. The lowest BCUT2D eigenvalue weighted by Gasteiger charge is -2.22. The van der Waals surface area contributed by atoms with E-state index in [1.807, 2.05) is 14.0 Å². The maximum atomic E-state index is 9.04. The SMILES string of the molecule is CC(CO)N(C)CCOCCc1ccc2sccc2c1. The highest BCUT2D eigenvalue weighted by Crippen LogP contribution is 2.21. The van der Waals surface area contributed by atoms with Gasteiger partial charge in [-0.3, -0.25) is 4.90 Å². The Morgan fingerprint density at radius 2 is 2.15 bits per heavy atom. The van der Waals surface area contributed by atoms with Gasteiger partial charge in [-0.2, -0.15) is 0 Å². The molecule has 1 unspecified atom stereocenters. The number of fused-ring (bicyclic) bond motifs is 1. The first-order valence-electron chi connectivity index (χ1n) is 7.05. The van der Waals surface area contributed by atoms with Crippen molar-refractivity contribution in [1.29, 1.82) is 0 Å². The van der Waals surface area contributed by atoms with Crippen molar-refractivity contribution in [3.63, 3.8) is 0 Å². The van der Waals surface area contributed by atoms with Crippen molar-refractivity contribution in [1.82, 2.24) is 4.90 Å². The van der Waals surface area contributed by atoms with Crippen LogP contribution in [0.1, 0.15) is 12.5 Å². The molecule has 1 aromatic heterocycles. The van der Waals surface area contributed by atoms with Gasteiger partial charge in [0.1, 0.15) is 0 Å². The summed E-state index contributed by atoms with van der Waals surface area (Å²) in [6.45, 7) is 4.51. The van der Waals surface area contributed by atoms with Crippen LogP contribution in [0.3, 0.4) is 0 Å². The van der Waals surface area contributed by atoms with Crippen LogP contribution in [0.2, 0.25) is 0 Å². The number of thiophene rings is 1. The molecule has 1 N–H and O–H groups in total. The van der Waals surface area contributed by atoms with E-state index < -0.39 is 0 Å². The zero-order chi connectivity index (χ0) is 14.4. The van der Waals surface area contributed by atoms with Crippen LogP contribution in [0.5, 0.6) is 0 Å². The molecule has 1 aromatic carbocycles. The van der Waals surface area contributed by atoms with Crippen molar-refractivity contribution in [3.05, 3.63) is 35.2 Å². The Balaban J connectivity index is 1.68. The van der Waals surface area contributed by atoms with E-state index in [0.29, 0.717) is 6.61 Å². The topological polar surface area (TPSA) is 32.7 Å². The molecule has 0 spiro atoms. The number of hydrogen-bond acceptors (Lipinski definition) is 4. The molecule has 0 saturated heterocycles. The quantitative estimate of drug-likeness (QED) is 0.760. The smallest absolute Gasteiger partial charge is 0.0593 e. The fourth-order valence-electron chi connectivity index (χ4n) is 2.03. The molecule has 110 valence electrons. The zero-order valence-corrected chi connectivity index (χ0v) is 13.0. The van der Waals surface area contributed by atoms with Gasteiger partial charge in [-0.15, -0.1) is 11.3 Å². The highest BCUT2D eigenvalue weighted by molar-refractivity contribution is 7.17. The predicted molar refractivity (Wildman–Crippen MR) is 85.5 cm³/mol. The summed E-state index contributed by atoms with van der Waals surface area (Å²) in [5.41, 5.74) is 1.33. The summed E-state index contributed by atoms with van der Waals surface area (Å²) in [4.78, 5) is 2.11. The van der Waals surface area contributed by atoms with Crippen molar-refractivity contribution in [2.75, 3.05) is 33.4 Å². The van der Waals surface area contributed by atoms with E-state index >= 15 is 0 Å². The van der Waals surface area contributed by atoms with Crippen molar-refractivity contribution in [3.8, 4) is 0 Å². The van der Waals surface area contributed by atoms with Crippen LogP contribution in [0.15, 0.2) is 29.6 Å². The Morgan fingerprint density at radius 3 is 2.95 bits per heavy atom. The molecule has 0 aliphatic carbocycles. The van der Waals surface area contributed by atoms with Crippen LogP contribution in [0, 0.1) is 0 Å². The monoisotopic (exact) mass is 293 g/mol. The highest BCUT2D eigenvalue weighted by Gasteiger charge is 2.06. The molecule has 20 heavy (non-hydrogen) atoms. The van der Waals surface area contributed by atoms with Crippen molar-refractivity contribution >= 4 is 21.4 Å². The molecule has 1 atom stereocenters. The van der Waals surface area contributed by atoms with Gasteiger partial charge < -0.3 is 9.84 Å². The van der Waals surface area contributed by atoms with Gasteiger partial charge in [0.2, 0.25) is 0 Å². The van der Waals surface area contributed by atoms with Gasteiger partial charge in [0.15, 0.2) is 0 Å². The van der Waals surface area contributed by atoms with E-state index in [1.54, 1.807) is 11.3 Å². The van der Waals surface area contributed by atoms with E-state index in [9.17, 15) is 0 Å². The third-order valence-corrected chi connectivity index (χ3v) is 4.55. The highest BCUT2D eigenvalue weighted by atomic mass is 32.1. The Hall–Kier alpha value is -0.940. The summed E-state index contributed by atoms with van der Waals surface area (Å²) >= 11 is 1.78. The number of ether oxygens (including phenoxy) is 1. The van der Waals surface area contributed by atoms with E-state index in [-0.39, 0.29) is 12.6 Å². The van der Waals surface area contributed by atoms with Crippen LogP contribution in [-0.4, -0.2) is 49.5 Å². The van der Waals surface area contributed by atoms with Crippen molar-refractivity contribution in [2.45, 2.75) is 19.4 Å². The number of rotatable bonds is 8. The van der Waals surface area contributed by atoms with Gasteiger partial charge in [-0.05, 0) is 48.9 Å². The number of aliphatic hydroxyl groups is 1. The minimum absolute atomic E-state index is 0.192. The lowest BCUT2D eigenvalue weighted by molar-refractivity contribution is 0.0877. The summed E-state index contributed by atoms with van der Waals surface area (Å²) in [7, 11) is 2.01. The standard InChI is InChI=1S/C16H23NO2S/c1-13(12-18)17(2)7-9-19-8-5-14-3-4-16-15(11-14)6-10-20-16/h3-4,6,10-11,13,18H,5,7-9,12H2,1-2H3. The summed E-state index contributed by atoms with van der Waals surface area (Å²) in [6, 6.07) is 8.97. The summed E-state index contributed by atoms with van der Waals surface area (Å²) < 4.78 is 7.02. The average Bonchev–Trinajstić information content (AvgIpc) is 2.93. The minimum Gasteiger partial charge on any atom is -0.395 e. The molecule has 4 heteroatoms. The number of benzene rings is 1. The van der Waals surface area contributed by atoms with Crippen LogP contribution in [-0.2, 0) is 11.2 Å². The van der Waals surface area contributed by atoms with Crippen LogP contribution in [0.25, 0.3) is 10.1 Å². The Morgan fingerprint density at radius 1 is 1.30 bits per heavy atom. The first-order chi connectivity index (χ1) is 9.70. The normalized spacial score (nSPS) is 13.2. The van der Waals surface area contributed by atoms with Gasteiger partial charge in [0, 0.05) is 17.3 Å². The second kappa shape index (κ2) is 7.74. The molecular weight excluding hydrogens is 270 g/mol. The molecule has 0 fully saturated rings. The summed E-state index contributed by atoms with van der Waals surface area (Å²) in [5, 5.41) is 12.5. The van der Waals surface area contributed by atoms with Crippen LogP contribution >= 0.6 is 11.3 Å². The van der Waals surface area contributed by atoms with Crippen molar-refractivity contribution < 1.29 is 9.84 Å². The number of hydrogen-bond donors (Lipinski definition) is 1. The second-order valence-electron chi connectivity index (χ2n) is 5.17. The second-order valence-corrected chi connectivity index (χ2v) is 6.12. The molecule has 0 aliphatic rings. The number of likely N-dealkylation sites (N-methyl/N-ethyl adjacent to an activating group) is 1. The molecule has 1 heterocycles. The third kappa shape index (κ3) is 4.28. The molecule has 0 saturated carbocycles. The van der Waals surface area contributed by atoms with Gasteiger partial charge in [0.05, 0.1) is 19.8 Å². The molecule has 0 radical (unpaired) electrons. The van der Waals surface area contributed by atoms with E-state index in [2.05, 4.69) is 34.5 Å². The van der Waals surface area contributed by atoms with Gasteiger partial charge in [-0.25, -0.2) is 0 Å².